The monoisotopic (exact) mass is 283 g/mol. The van der Waals surface area contributed by atoms with Gasteiger partial charge in [-0.1, -0.05) is 43.7 Å². The van der Waals surface area contributed by atoms with Crippen molar-refractivity contribution in [3.8, 4) is 0 Å². The van der Waals surface area contributed by atoms with Crippen LogP contribution in [0, 0.1) is 12.8 Å². The van der Waals surface area contributed by atoms with E-state index in [1.807, 2.05) is 19.9 Å². The van der Waals surface area contributed by atoms with Crippen molar-refractivity contribution in [1.29, 1.82) is 0 Å². The van der Waals surface area contributed by atoms with Crippen LogP contribution in [0.25, 0.3) is 0 Å². The van der Waals surface area contributed by atoms with Gasteiger partial charge in [0.05, 0.1) is 11.9 Å². The van der Waals surface area contributed by atoms with E-state index in [1.165, 1.54) is 11.1 Å². The molecule has 0 aliphatic carbocycles. The van der Waals surface area contributed by atoms with Gasteiger partial charge in [0.2, 0.25) is 5.91 Å². The van der Waals surface area contributed by atoms with Gasteiger partial charge in [0.25, 0.3) is 0 Å². The van der Waals surface area contributed by atoms with Crippen LogP contribution < -0.4 is 10.6 Å². The predicted octanol–water partition coefficient (Wildman–Crippen LogP) is 3.60. The maximum absolute atomic E-state index is 11.6. The lowest BCUT2D eigenvalue weighted by atomic mass is 10.1. The SMILES string of the molecule is Cc1cccc(CNc2ccc(NC(=O)C(C)C)nc2)c1. The van der Waals surface area contributed by atoms with Crippen LogP contribution in [0.3, 0.4) is 0 Å². The highest BCUT2D eigenvalue weighted by atomic mass is 16.1. The summed E-state index contributed by atoms with van der Waals surface area (Å²) in [7, 11) is 0. The molecule has 0 spiro atoms. The number of hydrogen-bond donors (Lipinski definition) is 2. The number of aromatic nitrogens is 1. The van der Waals surface area contributed by atoms with Gasteiger partial charge in [0, 0.05) is 12.5 Å². The van der Waals surface area contributed by atoms with E-state index >= 15 is 0 Å². The second-order valence-electron chi connectivity index (χ2n) is 5.42. The van der Waals surface area contributed by atoms with E-state index in [9.17, 15) is 4.79 Å². The molecule has 2 aromatic rings. The molecule has 4 nitrogen and oxygen atoms in total. The van der Waals surface area contributed by atoms with Crippen LogP contribution >= 0.6 is 0 Å². The molecule has 0 bridgehead atoms. The molecule has 0 radical (unpaired) electrons. The third kappa shape index (κ3) is 4.60. The zero-order valence-electron chi connectivity index (χ0n) is 12.7. The number of nitrogens with zero attached hydrogens (tertiary/aromatic N) is 1. The summed E-state index contributed by atoms with van der Waals surface area (Å²) in [6.45, 7) is 6.54. The fourth-order valence-corrected chi connectivity index (χ4v) is 1.87. The first-order chi connectivity index (χ1) is 10.0. The highest BCUT2D eigenvalue weighted by Gasteiger charge is 2.07. The molecule has 0 fully saturated rings. The van der Waals surface area contributed by atoms with Gasteiger partial charge in [-0.3, -0.25) is 4.79 Å². The molecule has 0 saturated heterocycles. The highest BCUT2D eigenvalue weighted by molar-refractivity contribution is 5.91. The Morgan fingerprint density at radius 2 is 2.05 bits per heavy atom. The molecule has 2 N–H and O–H groups in total. The molecule has 1 amide bonds. The summed E-state index contributed by atoms with van der Waals surface area (Å²) < 4.78 is 0. The van der Waals surface area contributed by atoms with Gasteiger partial charge in [-0.15, -0.1) is 0 Å². The lowest BCUT2D eigenvalue weighted by Gasteiger charge is -2.09. The Labute approximate surface area is 125 Å². The van der Waals surface area contributed by atoms with E-state index in [0.29, 0.717) is 5.82 Å². The van der Waals surface area contributed by atoms with Crippen LogP contribution in [0.15, 0.2) is 42.6 Å². The van der Waals surface area contributed by atoms with Gasteiger partial charge in [-0.25, -0.2) is 4.98 Å². The number of amides is 1. The quantitative estimate of drug-likeness (QED) is 0.881. The first-order valence-corrected chi connectivity index (χ1v) is 7.11. The van der Waals surface area contributed by atoms with E-state index in [4.69, 9.17) is 0 Å². The maximum atomic E-state index is 11.6. The van der Waals surface area contributed by atoms with Crippen molar-refractivity contribution in [2.75, 3.05) is 10.6 Å². The lowest BCUT2D eigenvalue weighted by Crippen LogP contribution is -2.18. The Morgan fingerprint density at radius 3 is 2.67 bits per heavy atom. The minimum atomic E-state index is -0.0501. The Balaban J connectivity index is 1.92. The standard InChI is InChI=1S/C17H21N3O/c1-12(2)17(21)20-16-8-7-15(11-19-16)18-10-14-6-4-5-13(3)9-14/h4-9,11-12,18H,10H2,1-3H3,(H,19,20,21). The molecule has 2 rings (SSSR count). The van der Waals surface area contributed by atoms with Crippen LogP contribution in [0.2, 0.25) is 0 Å². The second-order valence-corrected chi connectivity index (χ2v) is 5.42. The van der Waals surface area contributed by atoms with Gasteiger partial charge in [-0.2, -0.15) is 0 Å². The average Bonchev–Trinajstić information content (AvgIpc) is 2.46. The summed E-state index contributed by atoms with van der Waals surface area (Å²) in [5, 5.41) is 6.09. The highest BCUT2D eigenvalue weighted by Crippen LogP contribution is 2.12. The smallest absolute Gasteiger partial charge is 0.228 e. The molecule has 0 atom stereocenters. The minimum Gasteiger partial charge on any atom is -0.380 e. The summed E-state index contributed by atoms with van der Waals surface area (Å²) in [6, 6.07) is 12.1. The topological polar surface area (TPSA) is 54.0 Å². The van der Waals surface area contributed by atoms with E-state index in [2.05, 4.69) is 46.8 Å². The van der Waals surface area contributed by atoms with Crippen molar-refractivity contribution in [1.82, 2.24) is 4.98 Å². The van der Waals surface area contributed by atoms with Crippen molar-refractivity contribution in [3.63, 3.8) is 0 Å². The number of carbonyl (C=O) groups is 1. The molecule has 0 aliphatic rings. The Kier molecular flexibility index (Phi) is 4.93. The molecule has 1 heterocycles. The normalized spacial score (nSPS) is 10.5. The molecule has 4 heteroatoms. The zero-order valence-corrected chi connectivity index (χ0v) is 12.7. The largest absolute Gasteiger partial charge is 0.380 e. The van der Waals surface area contributed by atoms with Gasteiger partial charge in [0.1, 0.15) is 5.82 Å². The molecule has 1 aromatic heterocycles. The number of anilines is 2. The zero-order chi connectivity index (χ0) is 15.2. The minimum absolute atomic E-state index is 0.0250. The lowest BCUT2D eigenvalue weighted by molar-refractivity contribution is -0.118. The van der Waals surface area contributed by atoms with Crippen LogP contribution in [-0.2, 0) is 11.3 Å². The van der Waals surface area contributed by atoms with Crippen LogP contribution in [0.1, 0.15) is 25.0 Å². The molecule has 0 aliphatic heterocycles. The summed E-state index contributed by atoms with van der Waals surface area (Å²) >= 11 is 0. The fourth-order valence-electron chi connectivity index (χ4n) is 1.87. The van der Waals surface area contributed by atoms with Gasteiger partial charge < -0.3 is 10.6 Å². The summed E-state index contributed by atoms with van der Waals surface area (Å²) in [6.07, 6.45) is 1.73. The Hall–Kier alpha value is -2.36. The van der Waals surface area contributed by atoms with Crippen LogP contribution in [-0.4, -0.2) is 10.9 Å². The van der Waals surface area contributed by atoms with Crippen LogP contribution in [0.5, 0.6) is 0 Å². The van der Waals surface area contributed by atoms with Crippen LogP contribution in [0.4, 0.5) is 11.5 Å². The van der Waals surface area contributed by atoms with Crippen molar-refractivity contribution in [2.24, 2.45) is 5.92 Å². The molecular weight excluding hydrogens is 262 g/mol. The molecule has 110 valence electrons. The number of aryl methyl sites for hydroxylation is 1. The number of pyridine rings is 1. The summed E-state index contributed by atoms with van der Waals surface area (Å²) in [4.78, 5) is 15.8. The van der Waals surface area contributed by atoms with E-state index in [-0.39, 0.29) is 11.8 Å². The number of carbonyl (C=O) groups excluding carboxylic acids is 1. The number of rotatable bonds is 5. The Morgan fingerprint density at radius 1 is 1.24 bits per heavy atom. The molecule has 21 heavy (non-hydrogen) atoms. The maximum Gasteiger partial charge on any atom is 0.228 e. The fraction of sp³-hybridized carbons (Fsp3) is 0.294. The first kappa shape index (κ1) is 15.0. The molecular formula is C17H21N3O. The number of nitrogens with one attached hydrogen (secondary N) is 2. The van der Waals surface area contributed by atoms with Gasteiger partial charge in [-0.05, 0) is 24.6 Å². The van der Waals surface area contributed by atoms with Crippen molar-refractivity contribution < 1.29 is 4.79 Å². The number of benzene rings is 1. The van der Waals surface area contributed by atoms with Gasteiger partial charge in [0.15, 0.2) is 0 Å². The summed E-state index contributed by atoms with van der Waals surface area (Å²) in [5.41, 5.74) is 3.41. The molecule has 0 saturated carbocycles. The third-order valence-electron chi connectivity index (χ3n) is 3.12. The second kappa shape index (κ2) is 6.88. The number of hydrogen-bond acceptors (Lipinski definition) is 3. The summed E-state index contributed by atoms with van der Waals surface area (Å²) in [5.74, 6) is 0.503. The van der Waals surface area contributed by atoms with Crippen molar-refractivity contribution in [2.45, 2.75) is 27.3 Å². The van der Waals surface area contributed by atoms with E-state index in [0.717, 1.165) is 12.2 Å². The predicted molar refractivity (Wildman–Crippen MR) is 86.2 cm³/mol. The van der Waals surface area contributed by atoms with E-state index < -0.39 is 0 Å². The average molecular weight is 283 g/mol. The van der Waals surface area contributed by atoms with Crippen molar-refractivity contribution >= 4 is 17.4 Å². The molecule has 0 unspecified atom stereocenters. The van der Waals surface area contributed by atoms with E-state index in [1.54, 1.807) is 12.3 Å². The Bertz CT molecular complexity index is 606. The van der Waals surface area contributed by atoms with Gasteiger partial charge >= 0.3 is 0 Å². The first-order valence-electron chi connectivity index (χ1n) is 7.11. The third-order valence-corrected chi connectivity index (χ3v) is 3.12. The molecule has 1 aromatic carbocycles. The van der Waals surface area contributed by atoms with Crippen molar-refractivity contribution in [3.05, 3.63) is 53.7 Å².